The van der Waals surface area contributed by atoms with Gasteiger partial charge in [-0.2, -0.15) is 0 Å². The molecule has 1 aliphatic heterocycles. The topological polar surface area (TPSA) is 159 Å². The van der Waals surface area contributed by atoms with Crippen LogP contribution in [0.5, 0.6) is 0 Å². The maximum Gasteiger partial charge on any atom is 0.259 e. The van der Waals surface area contributed by atoms with E-state index in [0.717, 1.165) is 0 Å². The Morgan fingerprint density at radius 3 is 2.39 bits per heavy atom. The predicted molar refractivity (Wildman–Crippen MR) is 113 cm³/mol. The molecule has 11 heteroatoms. The Kier molecular flexibility index (Phi) is 6.00. The fourth-order valence-electron chi connectivity index (χ4n) is 3.87. The maximum atomic E-state index is 13.1. The van der Waals surface area contributed by atoms with Gasteiger partial charge in [-0.25, -0.2) is 8.42 Å². The van der Waals surface area contributed by atoms with Gasteiger partial charge in [0.15, 0.2) is 0 Å². The van der Waals surface area contributed by atoms with E-state index in [-0.39, 0.29) is 19.4 Å². The number of nitrogens with zero attached hydrogens (tertiary/aromatic N) is 1. The molecule has 1 heterocycles. The van der Waals surface area contributed by atoms with E-state index in [1.807, 2.05) is 0 Å². The molecule has 5 N–H and O–H groups in total. The van der Waals surface area contributed by atoms with Crippen LogP contribution in [0.3, 0.4) is 0 Å². The van der Waals surface area contributed by atoms with Crippen molar-refractivity contribution in [2.75, 3.05) is 6.54 Å². The van der Waals surface area contributed by atoms with E-state index in [4.69, 9.17) is 5.73 Å². The molecule has 31 heavy (non-hydrogen) atoms. The van der Waals surface area contributed by atoms with Crippen LogP contribution in [0.1, 0.15) is 46.5 Å². The number of sulfonamides is 1. The molecule has 3 aliphatic rings. The highest BCUT2D eigenvalue weighted by Crippen LogP contribution is 2.45. The van der Waals surface area contributed by atoms with Gasteiger partial charge in [-0.3, -0.25) is 19.1 Å². The monoisotopic (exact) mass is 456 g/mol. The van der Waals surface area contributed by atoms with E-state index >= 15 is 0 Å². The Labute approximate surface area is 182 Å². The fourth-order valence-corrected chi connectivity index (χ4v) is 5.24. The van der Waals surface area contributed by atoms with Crippen molar-refractivity contribution in [2.45, 2.75) is 75.4 Å². The second kappa shape index (κ2) is 7.86. The second-order valence-electron chi connectivity index (χ2n) is 9.92. The standard InChI is InChI=1S/C20H32N4O6S/c1-5-11-9-20(11,18(28)23-31(29,30)13-6-7-13)22-16(26)14-8-12(25)10-24(14)17(27)15(21)19(2,3)4/h5,11-15,25H,1,6-10,21H2,2-4H3,(H,22,26)(H,23,28)/t11-,12-,14+,15-,20-/m1/s1. The molecule has 2 saturated carbocycles. The molecular weight excluding hydrogens is 424 g/mol. The number of β-amino-alcohol motifs (C(OH)–C–C–N with tert-alkyl or cyclic N) is 1. The van der Waals surface area contributed by atoms with Crippen molar-refractivity contribution in [3.63, 3.8) is 0 Å². The quantitative estimate of drug-likeness (QED) is 0.357. The summed E-state index contributed by atoms with van der Waals surface area (Å²) in [4.78, 5) is 40.0. The molecule has 0 aromatic heterocycles. The van der Waals surface area contributed by atoms with E-state index in [1.165, 1.54) is 11.0 Å². The van der Waals surface area contributed by atoms with E-state index < -0.39 is 68.1 Å². The lowest BCUT2D eigenvalue weighted by Gasteiger charge is -2.33. The number of hydrogen-bond acceptors (Lipinski definition) is 7. The SMILES string of the molecule is C=C[C@@H]1C[C@]1(NC(=O)[C@@H]1C[C@@H](O)CN1C(=O)[C@@H](N)C(C)(C)C)C(=O)NS(=O)(=O)C1CC1. The lowest BCUT2D eigenvalue weighted by atomic mass is 9.86. The highest BCUT2D eigenvalue weighted by Gasteiger charge is 2.61. The molecule has 3 rings (SSSR count). The summed E-state index contributed by atoms with van der Waals surface area (Å²) in [7, 11) is -3.78. The first-order valence-electron chi connectivity index (χ1n) is 10.5. The lowest BCUT2D eigenvalue weighted by Crippen LogP contribution is -2.58. The normalized spacial score (nSPS) is 31.6. The summed E-state index contributed by atoms with van der Waals surface area (Å²) in [6.07, 6.45) is 1.80. The van der Waals surface area contributed by atoms with E-state index in [9.17, 15) is 27.9 Å². The van der Waals surface area contributed by atoms with Crippen molar-refractivity contribution >= 4 is 27.7 Å². The molecule has 1 saturated heterocycles. The smallest absolute Gasteiger partial charge is 0.259 e. The molecule has 0 radical (unpaired) electrons. The molecule has 174 valence electrons. The largest absolute Gasteiger partial charge is 0.391 e. The van der Waals surface area contributed by atoms with Crippen LogP contribution in [0.25, 0.3) is 0 Å². The van der Waals surface area contributed by atoms with Crippen molar-refractivity contribution in [3.05, 3.63) is 12.7 Å². The predicted octanol–water partition coefficient (Wildman–Crippen LogP) is -1.01. The number of rotatable bonds is 7. The van der Waals surface area contributed by atoms with Crippen molar-refractivity contribution in [1.82, 2.24) is 14.9 Å². The Balaban J connectivity index is 1.76. The summed E-state index contributed by atoms with van der Waals surface area (Å²) >= 11 is 0. The summed E-state index contributed by atoms with van der Waals surface area (Å²) < 4.78 is 26.5. The molecule has 10 nitrogen and oxygen atoms in total. The molecule has 0 bridgehead atoms. The van der Waals surface area contributed by atoms with Gasteiger partial charge in [-0.15, -0.1) is 6.58 Å². The minimum Gasteiger partial charge on any atom is -0.391 e. The molecule has 3 fully saturated rings. The summed E-state index contributed by atoms with van der Waals surface area (Å²) in [6, 6.07) is -1.89. The van der Waals surface area contributed by atoms with Gasteiger partial charge >= 0.3 is 0 Å². The zero-order valence-corrected chi connectivity index (χ0v) is 18.9. The molecule has 0 unspecified atom stereocenters. The van der Waals surface area contributed by atoms with Crippen LogP contribution >= 0.6 is 0 Å². The molecular formula is C20H32N4O6S. The van der Waals surface area contributed by atoms with Gasteiger partial charge in [-0.1, -0.05) is 26.8 Å². The van der Waals surface area contributed by atoms with E-state index in [1.54, 1.807) is 20.8 Å². The van der Waals surface area contributed by atoms with Crippen LogP contribution in [0.2, 0.25) is 0 Å². The van der Waals surface area contributed by atoms with Gasteiger partial charge in [0.1, 0.15) is 11.6 Å². The van der Waals surface area contributed by atoms with Gasteiger partial charge in [-0.05, 0) is 24.7 Å². The zero-order valence-electron chi connectivity index (χ0n) is 18.1. The minimum absolute atomic E-state index is 0.00522. The van der Waals surface area contributed by atoms with Crippen LogP contribution in [-0.4, -0.2) is 71.7 Å². The van der Waals surface area contributed by atoms with Gasteiger partial charge in [0.25, 0.3) is 5.91 Å². The first kappa shape index (κ1) is 23.7. The highest BCUT2D eigenvalue weighted by molar-refractivity contribution is 7.91. The first-order chi connectivity index (χ1) is 14.2. The number of likely N-dealkylation sites (tertiary alicyclic amines) is 1. The van der Waals surface area contributed by atoms with Gasteiger partial charge in [0, 0.05) is 18.9 Å². The van der Waals surface area contributed by atoms with E-state index in [2.05, 4.69) is 16.6 Å². The summed E-state index contributed by atoms with van der Waals surface area (Å²) in [5.41, 5.74) is 4.09. The number of aliphatic hydroxyl groups excluding tert-OH is 1. The molecule has 0 spiro atoms. The first-order valence-corrected chi connectivity index (χ1v) is 12.0. The lowest BCUT2D eigenvalue weighted by molar-refractivity contribution is -0.142. The highest BCUT2D eigenvalue weighted by atomic mass is 32.2. The average molecular weight is 457 g/mol. The third-order valence-corrected chi connectivity index (χ3v) is 8.13. The number of nitrogens with one attached hydrogen (secondary N) is 2. The Bertz CT molecular complexity index is 894. The average Bonchev–Trinajstić information content (AvgIpc) is 3.57. The molecule has 2 aliphatic carbocycles. The number of aliphatic hydroxyl groups is 1. The number of nitrogens with two attached hydrogens (primary N) is 1. The van der Waals surface area contributed by atoms with Crippen molar-refractivity contribution in [2.24, 2.45) is 17.1 Å². The summed E-state index contributed by atoms with van der Waals surface area (Å²) in [5, 5.41) is 12.2. The third-order valence-electron chi connectivity index (χ3n) is 6.31. The van der Waals surface area contributed by atoms with Gasteiger partial charge < -0.3 is 21.1 Å². The summed E-state index contributed by atoms with van der Waals surface area (Å²) in [5.74, 6) is -2.33. The van der Waals surface area contributed by atoms with Gasteiger partial charge in [0.05, 0.1) is 17.4 Å². The molecule has 0 aromatic rings. The van der Waals surface area contributed by atoms with Gasteiger partial charge in [0.2, 0.25) is 21.8 Å². The van der Waals surface area contributed by atoms with E-state index in [0.29, 0.717) is 12.8 Å². The Morgan fingerprint density at radius 1 is 1.29 bits per heavy atom. The number of carbonyl (C=O) groups excluding carboxylic acids is 3. The number of hydrogen-bond donors (Lipinski definition) is 4. The minimum atomic E-state index is -3.78. The van der Waals surface area contributed by atoms with Crippen LogP contribution in [-0.2, 0) is 24.4 Å². The van der Waals surface area contributed by atoms with Crippen LogP contribution in [0, 0.1) is 11.3 Å². The molecule has 3 amide bonds. The Morgan fingerprint density at radius 2 is 1.90 bits per heavy atom. The zero-order chi connectivity index (χ0) is 23.4. The van der Waals surface area contributed by atoms with Crippen molar-refractivity contribution < 1.29 is 27.9 Å². The molecule has 0 aromatic carbocycles. The second-order valence-corrected chi connectivity index (χ2v) is 11.9. The summed E-state index contributed by atoms with van der Waals surface area (Å²) in [6.45, 7) is 9.02. The van der Waals surface area contributed by atoms with Crippen molar-refractivity contribution in [1.29, 1.82) is 0 Å². The number of carbonyl (C=O) groups is 3. The maximum absolute atomic E-state index is 13.1. The van der Waals surface area contributed by atoms with Crippen LogP contribution < -0.4 is 15.8 Å². The number of amides is 3. The third kappa shape index (κ3) is 4.63. The fraction of sp³-hybridized carbons (Fsp3) is 0.750. The molecule has 5 atom stereocenters. The van der Waals surface area contributed by atoms with Crippen LogP contribution in [0.15, 0.2) is 12.7 Å². The Hall–Kier alpha value is -1.98. The van der Waals surface area contributed by atoms with Crippen molar-refractivity contribution in [3.8, 4) is 0 Å². The van der Waals surface area contributed by atoms with Crippen LogP contribution in [0.4, 0.5) is 0 Å².